The molecule has 0 spiro atoms. The molecule has 2 aromatic carbocycles. The molecule has 1 aromatic heterocycles. The Morgan fingerprint density at radius 3 is 2.58 bits per heavy atom. The van der Waals surface area contributed by atoms with E-state index < -0.39 is 0 Å². The van der Waals surface area contributed by atoms with Crippen molar-refractivity contribution in [2.24, 2.45) is 0 Å². The summed E-state index contributed by atoms with van der Waals surface area (Å²) in [7, 11) is 1.58. The SMILES string of the molecule is COc1ccc(NC(=O)c2ccc(-c3ccccc3)nc2C)cc1N1CCCCC1=O. The predicted molar refractivity (Wildman–Crippen MR) is 122 cm³/mol. The van der Waals surface area contributed by atoms with Crippen LogP contribution in [0.3, 0.4) is 0 Å². The highest BCUT2D eigenvalue weighted by Crippen LogP contribution is 2.34. The maximum atomic E-state index is 12.9. The Morgan fingerprint density at radius 2 is 1.87 bits per heavy atom. The third-order valence-electron chi connectivity index (χ3n) is 5.45. The zero-order chi connectivity index (χ0) is 21.8. The number of anilines is 2. The topological polar surface area (TPSA) is 71.5 Å². The number of amides is 2. The second-order valence-corrected chi connectivity index (χ2v) is 7.54. The van der Waals surface area contributed by atoms with Gasteiger partial charge in [-0.1, -0.05) is 30.3 Å². The molecule has 158 valence electrons. The quantitative estimate of drug-likeness (QED) is 0.648. The summed E-state index contributed by atoms with van der Waals surface area (Å²) >= 11 is 0. The molecule has 3 aromatic rings. The summed E-state index contributed by atoms with van der Waals surface area (Å²) in [6, 6.07) is 18.8. The van der Waals surface area contributed by atoms with Crippen LogP contribution in [0.4, 0.5) is 11.4 Å². The van der Waals surface area contributed by atoms with Gasteiger partial charge in [0.15, 0.2) is 0 Å². The van der Waals surface area contributed by atoms with Gasteiger partial charge in [-0.05, 0) is 50.1 Å². The molecular weight excluding hydrogens is 390 g/mol. The highest BCUT2D eigenvalue weighted by molar-refractivity contribution is 6.06. The Kier molecular flexibility index (Phi) is 5.98. The zero-order valence-corrected chi connectivity index (χ0v) is 17.7. The standard InChI is InChI=1S/C25H25N3O3/c1-17-20(12-13-21(26-17)18-8-4-3-5-9-18)25(30)27-19-11-14-23(31-2)22(16-19)28-15-7-6-10-24(28)29/h3-5,8-9,11-14,16H,6-7,10,15H2,1-2H3,(H,27,30). The van der Waals surface area contributed by atoms with Gasteiger partial charge in [0.1, 0.15) is 5.75 Å². The number of hydrogen-bond donors (Lipinski definition) is 1. The van der Waals surface area contributed by atoms with Crippen LogP contribution in [0.15, 0.2) is 60.7 Å². The summed E-state index contributed by atoms with van der Waals surface area (Å²) in [4.78, 5) is 31.6. The highest BCUT2D eigenvalue weighted by atomic mass is 16.5. The number of carbonyl (C=O) groups excluding carboxylic acids is 2. The Labute approximate surface area is 181 Å². The Bertz CT molecular complexity index is 1110. The van der Waals surface area contributed by atoms with Crippen LogP contribution in [0.5, 0.6) is 5.75 Å². The minimum Gasteiger partial charge on any atom is -0.495 e. The number of nitrogens with zero attached hydrogens (tertiary/aromatic N) is 2. The van der Waals surface area contributed by atoms with Crippen molar-refractivity contribution >= 4 is 23.2 Å². The average molecular weight is 415 g/mol. The fourth-order valence-corrected chi connectivity index (χ4v) is 3.81. The number of aromatic nitrogens is 1. The van der Waals surface area contributed by atoms with Crippen molar-refractivity contribution in [1.29, 1.82) is 0 Å². The normalized spacial score (nSPS) is 13.7. The van der Waals surface area contributed by atoms with Gasteiger partial charge in [-0.3, -0.25) is 14.6 Å². The minimum absolute atomic E-state index is 0.0737. The number of piperidine rings is 1. The van der Waals surface area contributed by atoms with Crippen molar-refractivity contribution in [3.05, 3.63) is 71.9 Å². The molecule has 0 radical (unpaired) electrons. The summed E-state index contributed by atoms with van der Waals surface area (Å²) in [5.74, 6) is 0.439. The van der Waals surface area contributed by atoms with Crippen molar-refractivity contribution in [3.8, 4) is 17.0 Å². The monoisotopic (exact) mass is 415 g/mol. The number of ether oxygens (including phenoxy) is 1. The third kappa shape index (κ3) is 4.43. The van der Waals surface area contributed by atoms with Crippen LogP contribution >= 0.6 is 0 Å². The van der Waals surface area contributed by atoms with Gasteiger partial charge < -0.3 is 15.0 Å². The van der Waals surface area contributed by atoms with Crippen molar-refractivity contribution in [2.45, 2.75) is 26.2 Å². The van der Waals surface area contributed by atoms with Gasteiger partial charge >= 0.3 is 0 Å². The van der Waals surface area contributed by atoms with Crippen molar-refractivity contribution < 1.29 is 14.3 Å². The van der Waals surface area contributed by atoms with Crippen LogP contribution in [0.25, 0.3) is 11.3 Å². The summed E-state index contributed by atoms with van der Waals surface area (Å²) in [6.45, 7) is 2.48. The Hall–Kier alpha value is -3.67. The number of aryl methyl sites for hydroxylation is 1. The smallest absolute Gasteiger partial charge is 0.257 e. The molecule has 2 heterocycles. The number of nitrogens with one attached hydrogen (secondary N) is 1. The highest BCUT2D eigenvalue weighted by Gasteiger charge is 2.23. The Balaban J connectivity index is 1.57. The summed E-state index contributed by atoms with van der Waals surface area (Å²) in [6.07, 6.45) is 2.38. The number of methoxy groups -OCH3 is 1. The molecule has 0 aliphatic carbocycles. The summed E-state index contributed by atoms with van der Waals surface area (Å²) in [5.41, 5.74) is 4.27. The second-order valence-electron chi connectivity index (χ2n) is 7.54. The van der Waals surface area contributed by atoms with Gasteiger partial charge in [0.2, 0.25) is 5.91 Å². The average Bonchev–Trinajstić information content (AvgIpc) is 2.80. The molecule has 0 atom stereocenters. The molecule has 0 unspecified atom stereocenters. The van der Waals surface area contributed by atoms with E-state index in [1.54, 1.807) is 36.3 Å². The molecule has 6 nitrogen and oxygen atoms in total. The maximum absolute atomic E-state index is 12.9. The lowest BCUT2D eigenvalue weighted by molar-refractivity contribution is -0.119. The molecule has 1 fully saturated rings. The molecule has 6 heteroatoms. The molecule has 1 N–H and O–H groups in total. The van der Waals surface area contributed by atoms with E-state index in [4.69, 9.17) is 4.74 Å². The minimum atomic E-state index is -0.245. The first-order valence-electron chi connectivity index (χ1n) is 10.4. The second kappa shape index (κ2) is 9.00. The largest absolute Gasteiger partial charge is 0.495 e. The van der Waals surface area contributed by atoms with Gasteiger partial charge in [-0.15, -0.1) is 0 Å². The van der Waals surface area contributed by atoms with Gasteiger partial charge in [-0.2, -0.15) is 0 Å². The van der Waals surface area contributed by atoms with E-state index in [0.717, 1.165) is 24.1 Å². The molecule has 1 aliphatic heterocycles. The van der Waals surface area contributed by atoms with Gasteiger partial charge in [0.25, 0.3) is 5.91 Å². The number of hydrogen-bond acceptors (Lipinski definition) is 4. The molecule has 0 bridgehead atoms. The lowest BCUT2D eigenvalue weighted by Crippen LogP contribution is -2.35. The Morgan fingerprint density at radius 1 is 1.06 bits per heavy atom. The van der Waals surface area contributed by atoms with Gasteiger partial charge in [-0.25, -0.2) is 0 Å². The van der Waals surface area contributed by atoms with Crippen LogP contribution in [0.2, 0.25) is 0 Å². The lowest BCUT2D eigenvalue weighted by atomic mass is 10.1. The van der Waals surface area contributed by atoms with Crippen LogP contribution < -0.4 is 15.0 Å². The van der Waals surface area contributed by atoms with E-state index in [1.807, 2.05) is 43.3 Å². The van der Waals surface area contributed by atoms with Crippen molar-refractivity contribution in [3.63, 3.8) is 0 Å². The number of pyridine rings is 1. The summed E-state index contributed by atoms with van der Waals surface area (Å²) < 4.78 is 5.45. The van der Waals surface area contributed by atoms with Crippen LogP contribution in [-0.4, -0.2) is 30.5 Å². The number of rotatable bonds is 5. The lowest BCUT2D eigenvalue weighted by Gasteiger charge is -2.28. The van der Waals surface area contributed by atoms with E-state index >= 15 is 0 Å². The van der Waals surface area contributed by atoms with Crippen molar-refractivity contribution in [1.82, 2.24) is 4.98 Å². The maximum Gasteiger partial charge on any atom is 0.257 e. The molecular formula is C25H25N3O3. The fraction of sp³-hybridized carbons (Fsp3) is 0.240. The van der Waals surface area contributed by atoms with Gasteiger partial charge in [0.05, 0.1) is 29.7 Å². The number of benzene rings is 2. The molecule has 1 saturated heterocycles. The van der Waals surface area contributed by atoms with Crippen molar-refractivity contribution in [2.75, 3.05) is 23.9 Å². The molecule has 1 aliphatic rings. The van der Waals surface area contributed by atoms with Crippen LogP contribution in [-0.2, 0) is 4.79 Å². The first kappa shape index (κ1) is 20.6. The third-order valence-corrected chi connectivity index (χ3v) is 5.45. The molecule has 0 saturated carbocycles. The molecule has 31 heavy (non-hydrogen) atoms. The number of carbonyl (C=O) groups is 2. The van der Waals surface area contributed by atoms with E-state index in [1.165, 1.54) is 0 Å². The van der Waals surface area contributed by atoms with E-state index in [-0.39, 0.29) is 11.8 Å². The van der Waals surface area contributed by atoms with E-state index in [9.17, 15) is 9.59 Å². The fourth-order valence-electron chi connectivity index (χ4n) is 3.81. The predicted octanol–water partition coefficient (Wildman–Crippen LogP) is 4.83. The summed E-state index contributed by atoms with van der Waals surface area (Å²) in [5, 5.41) is 2.93. The van der Waals surface area contributed by atoms with E-state index in [2.05, 4.69) is 10.3 Å². The molecule has 2 amide bonds. The van der Waals surface area contributed by atoms with Crippen LogP contribution in [0, 0.1) is 6.92 Å². The first-order valence-corrected chi connectivity index (χ1v) is 10.4. The van der Waals surface area contributed by atoms with Gasteiger partial charge in [0, 0.05) is 24.2 Å². The zero-order valence-electron chi connectivity index (χ0n) is 17.7. The van der Waals surface area contributed by atoms with Crippen LogP contribution in [0.1, 0.15) is 35.3 Å². The molecule has 4 rings (SSSR count). The first-order chi connectivity index (χ1) is 15.1. The van der Waals surface area contributed by atoms with E-state index in [0.29, 0.717) is 41.3 Å².